The number of esters is 1. The summed E-state index contributed by atoms with van der Waals surface area (Å²) in [6.45, 7) is 18.4. The molecule has 0 aromatic heterocycles. The second-order valence-corrected chi connectivity index (χ2v) is 18.9. The largest absolute Gasteiger partial charge is 0.507 e. The molecule has 6 rings (SSSR count). The van der Waals surface area contributed by atoms with E-state index in [0.29, 0.717) is 13.0 Å². The van der Waals surface area contributed by atoms with Crippen molar-refractivity contribution < 1.29 is 63.3 Å². The van der Waals surface area contributed by atoms with Crippen molar-refractivity contribution in [3.05, 3.63) is 58.0 Å². The Hall–Kier alpha value is -5.52. The van der Waals surface area contributed by atoms with Crippen LogP contribution in [-0.2, 0) is 28.5 Å². The van der Waals surface area contributed by atoms with Crippen LogP contribution in [0.15, 0.2) is 46.1 Å². The number of aliphatic hydroxyl groups is 2. The molecule has 2 aromatic rings. The number of carbonyl (C=O) groups is 4. The number of hydrogen-bond donors (Lipinski definition) is 5. The van der Waals surface area contributed by atoms with E-state index >= 15 is 0 Å². The summed E-state index contributed by atoms with van der Waals surface area (Å²) >= 11 is 0. The summed E-state index contributed by atoms with van der Waals surface area (Å²) in [5.41, 5.74) is -1.68. The maximum absolute atomic E-state index is 14.8. The molecular weight excluding hydrogens is 829 g/mol. The lowest BCUT2D eigenvalue weighted by Gasteiger charge is -2.38. The van der Waals surface area contributed by atoms with Crippen LogP contribution in [0, 0.1) is 30.6 Å². The zero-order chi connectivity index (χ0) is 47.4. The monoisotopic (exact) mass is 890 g/mol. The number of aliphatic hydroxyl groups excluding tert-OH is 2. The highest BCUT2D eigenvalue weighted by molar-refractivity contribution is 6.19. The number of phenolic OH excluding ortho intramolecular Hbond substituents is 2. The van der Waals surface area contributed by atoms with Crippen molar-refractivity contribution in [3.63, 3.8) is 0 Å². The summed E-state index contributed by atoms with van der Waals surface area (Å²) in [7, 11) is 1.45. The molecule has 4 bridgehead atoms. The van der Waals surface area contributed by atoms with Crippen LogP contribution >= 0.6 is 0 Å². The van der Waals surface area contributed by atoms with Crippen LogP contribution < -0.4 is 20.8 Å². The molecule has 4 aliphatic rings. The SMILES string of the molecule is CO[C@H]1/C=C/O[C@@]2(C)Oc3c(C)c(O)c4c(O)c(c5c(c4c3C2=O)=NC2(CCN(C(=O)OC(C)(C)C)C2)CN=5)NC(=O)/C(C)=C\C=C\[C@H](C)[C@@H](O)[C@H](C)[C@@H](O)[C@H](C)[C@@H](OC(C)=O)C1C. The van der Waals surface area contributed by atoms with Gasteiger partial charge in [-0.25, -0.2) is 4.79 Å². The van der Waals surface area contributed by atoms with Crippen LogP contribution in [-0.4, -0.2) is 117 Å². The Kier molecular flexibility index (Phi) is 13.3. The average Bonchev–Trinajstić information content (AvgIpc) is 3.76. The average molecular weight is 891 g/mol. The molecule has 17 heteroatoms. The van der Waals surface area contributed by atoms with Gasteiger partial charge in [0.25, 0.3) is 11.7 Å². The first-order valence-electron chi connectivity index (χ1n) is 21.6. The van der Waals surface area contributed by atoms with Crippen LogP contribution in [0.5, 0.6) is 17.2 Å². The minimum atomic E-state index is -2.03. The number of benzene rings is 2. The van der Waals surface area contributed by atoms with Crippen molar-refractivity contribution in [2.75, 3.05) is 32.1 Å². The number of ketones is 1. The van der Waals surface area contributed by atoms with E-state index in [-0.39, 0.29) is 62.7 Å². The Labute approximate surface area is 372 Å². The van der Waals surface area contributed by atoms with Crippen molar-refractivity contribution in [1.82, 2.24) is 4.90 Å². The van der Waals surface area contributed by atoms with Gasteiger partial charge in [0.15, 0.2) is 5.75 Å². The van der Waals surface area contributed by atoms with Gasteiger partial charge in [0, 0.05) is 67.7 Å². The van der Waals surface area contributed by atoms with Crippen molar-refractivity contribution in [3.8, 4) is 17.2 Å². The number of nitrogens with one attached hydrogen (secondary N) is 1. The number of carbonyl (C=O) groups excluding carboxylic acids is 4. The summed E-state index contributed by atoms with van der Waals surface area (Å²) in [6, 6.07) is 0. The predicted octanol–water partition coefficient (Wildman–Crippen LogP) is 4.68. The highest BCUT2D eigenvalue weighted by Gasteiger charge is 2.50. The molecular formula is C47H62N4O13. The van der Waals surface area contributed by atoms with Gasteiger partial charge in [-0.3, -0.25) is 24.4 Å². The molecule has 1 fully saturated rings. The summed E-state index contributed by atoms with van der Waals surface area (Å²) in [5.74, 6) is -7.49. The van der Waals surface area contributed by atoms with E-state index in [1.54, 1.807) is 67.5 Å². The molecule has 1 spiro atoms. The minimum Gasteiger partial charge on any atom is -0.507 e. The zero-order valence-electron chi connectivity index (χ0n) is 38.6. The number of methoxy groups -OCH3 is 1. The number of rotatable bonds is 2. The van der Waals surface area contributed by atoms with Crippen LogP contribution in [0.1, 0.15) is 91.6 Å². The lowest BCUT2D eigenvalue weighted by atomic mass is 9.78. The Morgan fingerprint density at radius 1 is 0.969 bits per heavy atom. The Morgan fingerprint density at radius 3 is 2.30 bits per heavy atom. The van der Waals surface area contributed by atoms with Gasteiger partial charge in [0.1, 0.15) is 39.8 Å². The first-order valence-corrected chi connectivity index (χ1v) is 21.6. The fourth-order valence-corrected chi connectivity index (χ4v) is 9.03. The summed E-state index contributed by atoms with van der Waals surface area (Å²) in [4.78, 5) is 66.0. The quantitative estimate of drug-likeness (QED) is 0.204. The van der Waals surface area contributed by atoms with Crippen molar-refractivity contribution in [2.45, 2.75) is 124 Å². The molecule has 64 heavy (non-hydrogen) atoms. The van der Waals surface area contributed by atoms with E-state index in [9.17, 15) is 39.6 Å². The van der Waals surface area contributed by atoms with Gasteiger partial charge >= 0.3 is 17.8 Å². The number of likely N-dealkylation sites (tertiary alicyclic amines) is 1. The maximum Gasteiger partial charge on any atom is 0.410 e. The third-order valence-corrected chi connectivity index (χ3v) is 12.8. The summed E-state index contributed by atoms with van der Waals surface area (Å²) in [5, 5.41) is 49.7. The highest BCUT2D eigenvalue weighted by atomic mass is 16.7. The molecule has 17 nitrogen and oxygen atoms in total. The molecule has 4 aliphatic heterocycles. The van der Waals surface area contributed by atoms with Gasteiger partial charge < -0.3 is 54.3 Å². The van der Waals surface area contributed by atoms with Crippen molar-refractivity contribution >= 4 is 40.2 Å². The Balaban J connectivity index is 1.56. The van der Waals surface area contributed by atoms with Gasteiger partial charge in [-0.2, -0.15) is 0 Å². The fraction of sp³-hybridized carbons (Fsp3) is 0.574. The molecule has 0 saturated carbocycles. The van der Waals surface area contributed by atoms with E-state index in [1.807, 2.05) is 0 Å². The van der Waals surface area contributed by atoms with Crippen LogP contribution in [0.25, 0.3) is 10.8 Å². The number of aromatic hydroxyl groups is 2. The van der Waals surface area contributed by atoms with E-state index < -0.39 is 100 Å². The van der Waals surface area contributed by atoms with Gasteiger partial charge in [-0.05, 0) is 47.1 Å². The predicted molar refractivity (Wildman–Crippen MR) is 234 cm³/mol. The summed E-state index contributed by atoms with van der Waals surface area (Å²) in [6.07, 6.45) is 3.49. The topological polar surface area (TPSA) is 235 Å². The number of fused-ring (bicyclic) bond motifs is 1. The zero-order valence-corrected chi connectivity index (χ0v) is 38.6. The number of allylic oxidation sites excluding steroid dienone is 2. The van der Waals surface area contributed by atoms with Gasteiger partial charge in [0.05, 0.1) is 54.0 Å². The second kappa shape index (κ2) is 17.8. The van der Waals surface area contributed by atoms with E-state index in [4.69, 9.17) is 33.7 Å². The van der Waals surface area contributed by atoms with Gasteiger partial charge in [-0.1, -0.05) is 45.9 Å². The van der Waals surface area contributed by atoms with Crippen LogP contribution in [0.3, 0.4) is 0 Å². The molecule has 0 radical (unpaired) electrons. The molecule has 2 aromatic carbocycles. The Bertz CT molecular complexity index is 2460. The number of anilines is 1. The molecule has 1 saturated heterocycles. The standard InChI is InChI=1S/C47H62N4O13/c1-22-14-13-15-23(2)43(58)49-35-34-33(50-47(20-48-34)17-18-51(21-47)44(59)64-45(8,9)10)30-31(39(35)56)38(55)27(6)41-32(30)42(57)46(11,63-41)61-19-16-29(60-12)24(3)40(62-28(7)52)26(5)37(54)25(4)36(22)53/h13-16,19,22,24-26,29,36-37,40,53-56H,17-18,20-21H2,1-12H3,(H,49,58)/b14-13+,19-16+,23-15-/t22-,24?,25-,26-,29-,36+,37+,40-,46-,47?/m0/s1. The first-order chi connectivity index (χ1) is 29.8. The number of phenols is 2. The molecule has 10 atom stereocenters. The number of hydrogen-bond acceptors (Lipinski definition) is 15. The summed E-state index contributed by atoms with van der Waals surface area (Å²) < 4.78 is 29.6. The Morgan fingerprint density at radius 2 is 1.66 bits per heavy atom. The normalized spacial score (nSPS) is 33.0. The minimum absolute atomic E-state index is 0.00929. The van der Waals surface area contributed by atoms with Crippen LogP contribution in [0.2, 0.25) is 0 Å². The maximum atomic E-state index is 14.8. The molecule has 0 aliphatic carbocycles. The number of amides is 2. The highest BCUT2D eigenvalue weighted by Crippen LogP contribution is 2.49. The smallest absolute Gasteiger partial charge is 0.410 e. The number of nitrogens with zero attached hydrogens (tertiary/aromatic N) is 3. The van der Waals surface area contributed by atoms with Crippen molar-refractivity contribution in [2.24, 2.45) is 33.7 Å². The van der Waals surface area contributed by atoms with Crippen molar-refractivity contribution in [1.29, 1.82) is 0 Å². The third kappa shape index (κ3) is 8.94. The number of ether oxygens (including phenoxy) is 5. The second-order valence-electron chi connectivity index (χ2n) is 18.9. The molecule has 348 valence electrons. The van der Waals surface area contributed by atoms with Gasteiger partial charge in [-0.15, -0.1) is 0 Å². The van der Waals surface area contributed by atoms with E-state index in [1.165, 1.54) is 51.2 Å². The molecule has 5 N–H and O–H groups in total. The third-order valence-electron chi connectivity index (χ3n) is 12.8. The molecule has 2 unspecified atom stereocenters. The fourth-order valence-electron chi connectivity index (χ4n) is 9.03. The molecule has 4 heterocycles. The van der Waals surface area contributed by atoms with Crippen LogP contribution in [0.4, 0.5) is 10.5 Å². The lowest BCUT2D eigenvalue weighted by molar-refractivity contribution is -0.160. The first kappa shape index (κ1) is 47.9. The molecule has 2 amide bonds. The number of Topliss-reactive ketones (excluding diaryl/α,β-unsaturated/α-hetero) is 1. The van der Waals surface area contributed by atoms with E-state index in [2.05, 4.69) is 5.32 Å². The van der Waals surface area contributed by atoms with E-state index in [0.717, 1.165) is 0 Å². The lowest BCUT2D eigenvalue weighted by Crippen LogP contribution is -2.47. The van der Waals surface area contributed by atoms with Gasteiger partial charge in [0.2, 0.25) is 0 Å².